The molecule has 2 aromatic heterocycles. The van der Waals surface area contributed by atoms with Crippen molar-refractivity contribution in [1.29, 1.82) is 0 Å². The molecule has 1 fully saturated rings. The molecule has 6 nitrogen and oxygen atoms in total. The van der Waals surface area contributed by atoms with Gasteiger partial charge in [0.25, 0.3) is 0 Å². The van der Waals surface area contributed by atoms with Gasteiger partial charge in [0.15, 0.2) is 0 Å². The molecule has 1 aromatic carbocycles. The van der Waals surface area contributed by atoms with Gasteiger partial charge >= 0.3 is 5.97 Å². The molecule has 4 rings (SSSR count). The maximum absolute atomic E-state index is 15.5. The van der Waals surface area contributed by atoms with E-state index in [1.54, 1.807) is 37.3 Å². The van der Waals surface area contributed by atoms with E-state index in [0.717, 1.165) is 54.0 Å². The lowest BCUT2D eigenvalue weighted by Gasteiger charge is -2.39. The van der Waals surface area contributed by atoms with E-state index in [2.05, 4.69) is 20.9 Å². The van der Waals surface area contributed by atoms with Crippen LogP contribution in [0.4, 0.5) is 4.39 Å². The minimum atomic E-state index is -1.10. The van der Waals surface area contributed by atoms with E-state index in [9.17, 15) is 9.90 Å². The molecular weight excluding hydrogens is 477 g/mol. The molecule has 1 aliphatic heterocycles. The van der Waals surface area contributed by atoms with Crippen LogP contribution in [0.25, 0.3) is 10.9 Å². The highest BCUT2D eigenvalue weighted by molar-refractivity contribution is 7.99. The number of piperidine rings is 1. The SMILES string of the molecule is COc1ccc2nccc(C(F)CC[C@@H]3CCN(CCSc4cccnc4)C[C@@H]3CCC(=O)O)c2c1. The lowest BCUT2D eigenvalue weighted by atomic mass is 9.79. The van der Waals surface area contributed by atoms with Crippen molar-refractivity contribution in [3.8, 4) is 5.75 Å². The van der Waals surface area contributed by atoms with Gasteiger partial charge in [-0.25, -0.2) is 4.39 Å². The molecule has 0 spiro atoms. The van der Waals surface area contributed by atoms with E-state index in [1.165, 1.54) is 0 Å². The second-order valence-corrected chi connectivity index (χ2v) is 10.6. The van der Waals surface area contributed by atoms with Crippen LogP contribution in [0.2, 0.25) is 0 Å². The van der Waals surface area contributed by atoms with Crippen molar-refractivity contribution in [2.45, 2.75) is 43.2 Å². The number of methoxy groups -OCH3 is 1. The summed E-state index contributed by atoms with van der Waals surface area (Å²) in [6, 6.07) is 11.3. The molecule has 1 aliphatic rings. The van der Waals surface area contributed by atoms with Crippen molar-refractivity contribution < 1.29 is 19.0 Å². The Kier molecular flexibility index (Phi) is 9.53. The number of pyridine rings is 2. The third kappa shape index (κ3) is 7.17. The highest BCUT2D eigenvalue weighted by atomic mass is 32.2. The number of carbonyl (C=O) groups is 1. The van der Waals surface area contributed by atoms with Gasteiger partial charge in [-0.15, -0.1) is 11.8 Å². The van der Waals surface area contributed by atoms with Crippen LogP contribution in [0.3, 0.4) is 0 Å². The third-order valence-corrected chi connectivity index (χ3v) is 8.09. The number of benzene rings is 1. The van der Waals surface area contributed by atoms with Crippen LogP contribution in [0.15, 0.2) is 59.9 Å². The number of hydrogen-bond acceptors (Lipinski definition) is 6. The number of rotatable bonds is 12. The number of ether oxygens (including phenoxy) is 1. The summed E-state index contributed by atoms with van der Waals surface area (Å²) in [5, 5.41) is 10.1. The fourth-order valence-electron chi connectivity index (χ4n) is 5.16. The van der Waals surface area contributed by atoms with Gasteiger partial charge in [0.1, 0.15) is 11.9 Å². The molecule has 0 radical (unpaired) electrons. The van der Waals surface area contributed by atoms with E-state index in [0.29, 0.717) is 30.1 Å². The summed E-state index contributed by atoms with van der Waals surface area (Å²) in [5.41, 5.74) is 1.40. The molecule has 0 amide bonds. The molecule has 3 heterocycles. The highest BCUT2D eigenvalue weighted by Gasteiger charge is 2.30. The standard InChI is InChI=1S/C28H34FN3O3S/c1-35-22-6-8-27-25(17-22)24(10-13-31-27)26(29)7-4-20-11-14-32(19-21(20)5-9-28(33)34)15-16-36-23-3-2-12-30-18-23/h2-3,6,8,10,12-13,17-18,20-21,26H,4-5,7,9,11,14-16,19H2,1H3,(H,33,34)/t20-,21+,26?/m1/s1. The monoisotopic (exact) mass is 511 g/mol. The van der Waals surface area contributed by atoms with E-state index in [-0.39, 0.29) is 12.3 Å². The average Bonchev–Trinajstić information content (AvgIpc) is 2.91. The zero-order chi connectivity index (χ0) is 25.3. The van der Waals surface area contributed by atoms with Gasteiger partial charge in [0, 0.05) is 54.1 Å². The maximum atomic E-state index is 15.5. The van der Waals surface area contributed by atoms with E-state index >= 15 is 4.39 Å². The van der Waals surface area contributed by atoms with Crippen molar-refractivity contribution in [3.63, 3.8) is 0 Å². The first-order chi connectivity index (χ1) is 17.5. The Morgan fingerprint density at radius 3 is 2.92 bits per heavy atom. The van der Waals surface area contributed by atoms with Crippen LogP contribution in [0.5, 0.6) is 5.75 Å². The smallest absolute Gasteiger partial charge is 0.303 e. The van der Waals surface area contributed by atoms with Crippen molar-refractivity contribution >= 4 is 28.6 Å². The molecule has 8 heteroatoms. The Morgan fingerprint density at radius 1 is 1.25 bits per heavy atom. The highest BCUT2D eigenvalue weighted by Crippen LogP contribution is 2.36. The Labute approximate surface area is 216 Å². The molecular formula is C28H34FN3O3S. The number of likely N-dealkylation sites (tertiary alicyclic amines) is 1. The van der Waals surface area contributed by atoms with Crippen LogP contribution < -0.4 is 4.74 Å². The third-order valence-electron chi connectivity index (χ3n) is 7.13. The predicted molar refractivity (Wildman–Crippen MR) is 141 cm³/mol. The van der Waals surface area contributed by atoms with Gasteiger partial charge in [-0.05, 0) is 86.0 Å². The number of carboxylic acid groups (broad SMARTS) is 1. The quantitative estimate of drug-likeness (QED) is 0.298. The van der Waals surface area contributed by atoms with Crippen LogP contribution >= 0.6 is 11.8 Å². The summed E-state index contributed by atoms with van der Waals surface area (Å²) in [6.45, 7) is 2.79. The van der Waals surface area contributed by atoms with Gasteiger partial charge < -0.3 is 14.7 Å². The molecule has 0 bridgehead atoms. The van der Waals surface area contributed by atoms with Crippen molar-refractivity contribution in [2.24, 2.45) is 11.8 Å². The van der Waals surface area contributed by atoms with Crippen molar-refractivity contribution in [1.82, 2.24) is 14.9 Å². The number of nitrogens with zero attached hydrogens (tertiary/aromatic N) is 3. The normalized spacial score (nSPS) is 19.3. The Bertz CT molecular complexity index is 1130. The Morgan fingerprint density at radius 2 is 2.14 bits per heavy atom. The average molecular weight is 512 g/mol. The number of aromatic nitrogens is 2. The Balaban J connectivity index is 1.35. The molecule has 1 saturated heterocycles. The summed E-state index contributed by atoms with van der Waals surface area (Å²) >= 11 is 1.79. The molecule has 0 aliphatic carbocycles. The zero-order valence-electron chi connectivity index (χ0n) is 20.7. The first-order valence-electron chi connectivity index (χ1n) is 12.6. The first-order valence-corrected chi connectivity index (χ1v) is 13.6. The minimum Gasteiger partial charge on any atom is -0.497 e. The number of thioether (sulfide) groups is 1. The van der Waals surface area contributed by atoms with Gasteiger partial charge in [-0.1, -0.05) is 0 Å². The van der Waals surface area contributed by atoms with Crippen LogP contribution in [0, 0.1) is 11.8 Å². The number of halogens is 1. The summed E-state index contributed by atoms with van der Waals surface area (Å²) in [7, 11) is 1.60. The van der Waals surface area contributed by atoms with Crippen LogP contribution in [-0.4, -0.2) is 58.4 Å². The van der Waals surface area contributed by atoms with Gasteiger partial charge in [-0.2, -0.15) is 0 Å². The summed E-state index contributed by atoms with van der Waals surface area (Å²) in [6.07, 6.45) is 7.15. The predicted octanol–water partition coefficient (Wildman–Crippen LogP) is 6.02. The van der Waals surface area contributed by atoms with E-state index < -0.39 is 12.1 Å². The lowest BCUT2D eigenvalue weighted by molar-refractivity contribution is -0.137. The van der Waals surface area contributed by atoms with Gasteiger partial charge in [-0.3, -0.25) is 14.8 Å². The number of fused-ring (bicyclic) bond motifs is 1. The molecule has 36 heavy (non-hydrogen) atoms. The topological polar surface area (TPSA) is 75.5 Å². The molecule has 3 aromatic rings. The zero-order valence-corrected chi connectivity index (χ0v) is 21.5. The van der Waals surface area contributed by atoms with Crippen LogP contribution in [-0.2, 0) is 4.79 Å². The summed E-state index contributed by atoms with van der Waals surface area (Å²) < 4.78 is 20.8. The summed E-state index contributed by atoms with van der Waals surface area (Å²) in [4.78, 5) is 23.4. The first kappa shape index (κ1) is 26.4. The van der Waals surface area contributed by atoms with E-state index in [4.69, 9.17) is 4.74 Å². The molecule has 0 saturated carbocycles. The molecule has 1 N–H and O–H groups in total. The lowest BCUT2D eigenvalue weighted by Crippen LogP contribution is -2.41. The van der Waals surface area contributed by atoms with Gasteiger partial charge in [0.2, 0.25) is 0 Å². The largest absolute Gasteiger partial charge is 0.497 e. The maximum Gasteiger partial charge on any atom is 0.303 e. The van der Waals surface area contributed by atoms with Crippen molar-refractivity contribution in [3.05, 3.63) is 60.6 Å². The number of aliphatic carboxylic acids is 1. The number of hydrogen-bond donors (Lipinski definition) is 1. The second-order valence-electron chi connectivity index (χ2n) is 9.41. The Hall–Kier alpha value is -2.71. The molecule has 192 valence electrons. The molecule has 1 unspecified atom stereocenters. The fourth-order valence-corrected chi connectivity index (χ4v) is 6.06. The van der Waals surface area contributed by atoms with Crippen molar-refractivity contribution in [2.75, 3.05) is 32.5 Å². The summed E-state index contributed by atoms with van der Waals surface area (Å²) in [5.74, 6) is 1.48. The van der Waals surface area contributed by atoms with E-state index in [1.807, 2.05) is 30.5 Å². The minimum absolute atomic E-state index is 0.160. The van der Waals surface area contributed by atoms with Crippen LogP contribution in [0.1, 0.15) is 43.8 Å². The number of carboxylic acids is 1. The second kappa shape index (κ2) is 13.0. The number of alkyl halides is 1. The molecule has 3 atom stereocenters. The van der Waals surface area contributed by atoms with Gasteiger partial charge in [0.05, 0.1) is 12.6 Å². The fraction of sp³-hybridized carbons (Fsp3) is 0.464.